The second-order valence-electron chi connectivity index (χ2n) is 5.36. The summed E-state index contributed by atoms with van der Waals surface area (Å²) in [5.74, 6) is -0.443. The van der Waals surface area contributed by atoms with E-state index in [1.165, 1.54) is 4.31 Å². The molecule has 2 N–H and O–H groups in total. The number of nitrogens with zero attached hydrogens (tertiary/aromatic N) is 1. The standard InChI is InChI=1S/C11H20N2O4S/c1-8-5-10(8)6-12-18(16,17)13-4-2-3-9(7-13)11(14)15/h8-10,12H,2-7H2,1H3,(H,14,15). The predicted octanol–water partition coefficient (Wildman–Crippen LogP) is 0.273. The molecular weight excluding hydrogens is 256 g/mol. The van der Waals surface area contributed by atoms with E-state index >= 15 is 0 Å². The number of carbonyl (C=O) groups is 1. The Balaban J connectivity index is 1.90. The zero-order valence-corrected chi connectivity index (χ0v) is 11.3. The van der Waals surface area contributed by atoms with Gasteiger partial charge in [0.15, 0.2) is 0 Å². The molecule has 2 aliphatic rings. The lowest BCUT2D eigenvalue weighted by molar-refractivity contribution is -0.142. The van der Waals surface area contributed by atoms with Crippen LogP contribution in [0.25, 0.3) is 0 Å². The summed E-state index contributed by atoms with van der Waals surface area (Å²) in [7, 11) is -3.51. The van der Waals surface area contributed by atoms with Crippen LogP contribution in [-0.2, 0) is 15.0 Å². The highest BCUT2D eigenvalue weighted by Gasteiger charge is 2.36. The van der Waals surface area contributed by atoms with Gasteiger partial charge in [0.25, 0.3) is 10.2 Å². The van der Waals surface area contributed by atoms with Crippen LogP contribution in [0, 0.1) is 17.8 Å². The summed E-state index contributed by atoms with van der Waals surface area (Å²) in [6.45, 7) is 3.07. The minimum absolute atomic E-state index is 0.0882. The van der Waals surface area contributed by atoms with Gasteiger partial charge in [-0.3, -0.25) is 4.79 Å². The van der Waals surface area contributed by atoms with E-state index in [1.807, 2.05) is 0 Å². The molecule has 1 aliphatic heterocycles. The van der Waals surface area contributed by atoms with Crippen LogP contribution in [0.5, 0.6) is 0 Å². The maximum Gasteiger partial charge on any atom is 0.307 e. The molecule has 1 saturated heterocycles. The lowest BCUT2D eigenvalue weighted by Gasteiger charge is -2.29. The van der Waals surface area contributed by atoms with Crippen molar-refractivity contribution in [3.05, 3.63) is 0 Å². The average molecular weight is 276 g/mol. The van der Waals surface area contributed by atoms with E-state index in [0.717, 1.165) is 6.42 Å². The first-order chi connectivity index (χ1) is 8.40. The van der Waals surface area contributed by atoms with Crippen molar-refractivity contribution in [3.8, 4) is 0 Å². The van der Waals surface area contributed by atoms with Gasteiger partial charge < -0.3 is 5.11 Å². The minimum atomic E-state index is -3.51. The van der Waals surface area contributed by atoms with Crippen molar-refractivity contribution in [2.24, 2.45) is 17.8 Å². The molecule has 0 bridgehead atoms. The van der Waals surface area contributed by atoms with Crippen molar-refractivity contribution in [3.63, 3.8) is 0 Å². The Labute approximate surface area is 108 Å². The molecule has 1 heterocycles. The molecule has 3 atom stereocenters. The van der Waals surface area contributed by atoms with Crippen LogP contribution in [0.1, 0.15) is 26.2 Å². The van der Waals surface area contributed by atoms with Crippen molar-refractivity contribution in [1.29, 1.82) is 0 Å². The third-order valence-electron chi connectivity index (χ3n) is 3.88. The Morgan fingerprint density at radius 3 is 2.72 bits per heavy atom. The number of nitrogens with one attached hydrogen (secondary N) is 1. The van der Waals surface area contributed by atoms with Gasteiger partial charge in [-0.05, 0) is 31.1 Å². The predicted molar refractivity (Wildman–Crippen MR) is 66.1 cm³/mol. The van der Waals surface area contributed by atoms with Crippen LogP contribution in [0.3, 0.4) is 0 Å². The van der Waals surface area contributed by atoms with Gasteiger partial charge in [0, 0.05) is 19.6 Å². The summed E-state index contributed by atoms with van der Waals surface area (Å²) in [6, 6.07) is 0. The maximum atomic E-state index is 12.0. The molecule has 7 heteroatoms. The van der Waals surface area contributed by atoms with Gasteiger partial charge in [0.1, 0.15) is 0 Å². The minimum Gasteiger partial charge on any atom is -0.481 e. The summed E-state index contributed by atoms with van der Waals surface area (Å²) in [4.78, 5) is 10.9. The van der Waals surface area contributed by atoms with Crippen molar-refractivity contribution >= 4 is 16.2 Å². The van der Waals surface area contributed by atoms with E-state index in [0.29, 0.717) is 37.8 Å². The van der Waals surface area contributed by atoms with E-state index in [9.17, 15) is 13.2 Å². The van der Waals surface area contributed by atoms with E-state index in [-0.39, 0.29) is 6.54 Å². The lowest BCUT2D eigenvalue weighted by atomic mass is 10.0. The number of hydrogen-bond donors (Lipinski definition) is 2. The number of piperidine rings is 1. The SMILES string of the molecule is CC1CC1CNS(=O)(=O)N1CCCC(C(=O)O)C1. The second-order valence-corrected chi connectivity index (χ2v) is 7.12. The fourth-order valence-electron chi connectivity index (χ4n) is 2.35. The molecule has 6 nitrogen and oxygen atoms in total. The summed E-state index contributed by atoms with van der Waals surface area (Å²) in [5, 5.41) is 8.94. The van der Waals surface area contributed by atoms with Crippen LogP contribution < -0.4 is 4.72 Å². The van der Waals surface area contributed by atoms with Crippen LogP contribution >= 0.6 is 0 Å². The van der Waals surface area contributed by atoms with Gasteiger partial charge in [-0.1, -0.05) is 6.92 Å². The summed E-state index contributed by atoms with van der Waals surface area (Å²) < 4.78 is 27.9. The number of hydrogen-bond acceptors (Lipinski definition) is 3. The smallest absolute Gasteiger partial charge is 0.307 e. The molecule has 18 heavy (non-hydrogen) atoms. The molecule has 0 aromatic carbocycles. The number of rotatable bonds is 5. The van der Waals surface area contributed by atoms with Gasteiger partial charge in [0.05, 0.1) is 5.92 Å². The molecular formula is C11H20N2O4S. The van der Waals surface area contributed by atoms with Gasteiger partial charge in [-0.15, -0.1) is 0 Å². The molecule has 2 fully saturated rings. The van der Waals surface area contributed by atoms with E-state index in [2.05, 4.69) is 11.6 Å². The Hall–Kier alpha value is -0.660. The summed E-state index contributed by atoms with van der Waals surface area (Å²) >= 11 is 0. The second kappa shape index (κ2) is 5.14. The van der Waals surface area contributed by atoms with E-state index < -0.39 is 22.1 Å². The van der Waals surface area contributed by atoms with Crippen molar-refractivity contribution in [2.45, 2.75) is 26.2 Å². The van der Waals surface area contributed by atoms with Crippen LogP contribution in [0.4, 0.5) is 0 Å². The molecule has 0 aromatic heterocycles. The zero-order chi connectivity index (χ0) is 13.3. The molecule has 1 saturated carbocycles. The van der Waals surface area contributed by atoms with E-state index in [4.69, 9.17) is 5.11 Å². The molecule has 0 radical (unpaired) electrons. The first-order valence-corrected chi connectivity index (χ1v) is 7.81. The number of carboxylic acids is 1. The van der Waals surface area contributed by atoms with Gasteiger partial charge in [-0.25, -0.2) is 4.72 Å². The Bertz CT molecular complexity index is 423. The molecule has 2 rings (SSSR count). The van der Waals surface area contributed by atoms with Crippen LogP contribution in [0.15, 0.2) is 0 Å². The first kappa shape index (κ1) is 13.8. The maximum absolute atomic E-state index is 12.0. The third kappa shape index (κ3) is 3.21. The third-order valence-corrected chi connectivity index (χ3v) is 5.42. The largest absolute Gasteiger partial charge is 0.481 e. The summed E-state index contributed by atoms with van der Waals surface area (Å²) in [5.41, 5.74) is 0. The highest BCUT2D eigenvalue weighted by Crippen LogP contribution is 2.37. The quantitative estimate of drug-likeness (QED) is 0.755. The highest BCUT2D eigenvalue weighted by molar-refractivity contribution is 7.87. The van der Waals surface area contributed by atoms with Crippen LogP contribution in [0.2, 0.25) is 0 Å². The highest BCUT2D eigenvalue weighted by atomic mass is 32.2. The van der Waals surface area contributed by atoms with Gasteiger partial charge in [0.2, 0.25) is 0 Å². The topological polar surface area (TPSA) is 86.7 Å². The fourth-order valence-corrected chi connectivity index (χ4v) is 3.70. The summed E-state index contributed by atoms with van der Waals surface area (Å²) in [6.07, 6.45) is 2.24. The number of aliphatic carboxylic acids is 1. The van der Waals surface area contributed by atoms with Crippen molar-refractivity contribution in [2.75, 3.05) is 19.6 Å². The Morgan fingerprint density at radius 2 is 2.17 bits per heavy atom. The Kier molecular flexibility index (Phi) is 3.93. The lowest BCUT2D eigenvalue weighted by Crippen LogP contribution is -2.47. The Morgan fingerprint density at radius 1 is 1.50 bits per heavy atom. The monoisotopic (exact) mass is 276 g/mol. The zero-order valence-electron chi connectivity index (χ0n) is 10.5. The van der Waals surface area contributed by atoms with Crippen molar-refractivity contribution < 1.29 is 18.3 Å². The molecule has 0 spiro atoms. The van der Waals surface area contributed by atoms with Crippen LogP contribution in [-0.4, -0.2) is 43.4 Å². The molecule has 0 amide bonds. The fraction of sp³-hybridized carbons (Fsp3) is 0.909. The molecule has 104 valence electrons. The van der Waals surface area contributed by atoms with Gasteiger partial charge >= 0.3 is 5.97 Å². The van der Waals surface area contributed by atoms with Gasteiger partial charge in [-0.2, -0.15) is 12.7 Å². The molecule has 1 aliphatic carbocycles. The molecule has 3 unspecified atom stereocenters. The average Bonchev–Trinajstić information content (AvgIpc) is 3.03. The van der Waals surface area contributed by atoms with Crippen molar-refractivity contribution in [1.82, 2.24) is 9.03 Å². The number of carboxylic acid groups (broad SMARTS) is 1. The van der Waals surface area contributed by atoms with E-state index in [1.54, 1.807) is 0 Å². The molecule has 0 aromatic rings. The normalized spacial score (nSPS) is 33.3. The first-order valence-electron chi connectivity index (χ1n) is 6.37.